The van der Waals surface area contributed by atoms with Crippen molar-refractivity contribution in [3.8, 4) is 0 Å². The van der Waals surface area contributed by atoms with Gasteiger partial charge in [0.1, 0.15) is 0 Å². The number of esters is 1. The fourth-order valence-corrected chi connectivity index (χ4v) is 4.73. The summed E-state index contributed by atoms with van der Waals surface area (Å²) in [6, 6.07) is 11.4. The van der Waals surface area contributed by atoms with Gasteiger partial charge in [-0.15, -0.1) is 0 Å². The van der Waals surface area contributed by atoms with Crippen LogP contribution in [0.5, 0.6) is 0 Å². The largest absolute Gasteiger partial charge is 0.466 e. The Labute approximate surface area is 189 Å². The summed E-state index contributed by atoms with van der Waals surface area (Å²) < 4.78 is 30.7. The normalized spacial score (nSPS) is 12.2. The Morgan fingerprint density at radius 3 is 2.44 bits per heavy atom. The number of aryl methyl sites for hydroxylation is 1. The van der Waals surface area contributed by atoms with Gasteiger partial charge in [0.15, 0.2) is 4.80 Å². The summed E-state index contributed by atoms with van der Waals surface area (Å²) in [5.74, 6) is -0.824. The number of fused-ring (bicyclic) bond motifs is 1. The molecule has 0 saturated carbocycles. The molecule has 32 heavy (non-hydrogen) atoms. The number of nitrogens with zero attached hydrogens (tertiary/aromatic N) is 3. The van der Waals surface area contributed by atoms with E-state index in [0.717, 1.165) is 17.0 Å². The van der Waals surface area contributed by atoms with Gasteiger partial charge in [-0.05, 0) is 49.4 Å². The minimum absolute atomic E-state index is 0.0408. The van der Waals surface area contributed by atoms with Gasteiger partial charge < -0.3 is 14.2 Å². The van der Waals surface area contributed by atoms with E-state index in [4.69, 9.17) is 9.88 Å². The van der Waals surface area contributed by atoms with Crippen LogP contribution >= 0.6 is 11.3 Å². The molecular weight excluding hydrogens is 452 g/mol. The molecule has 11 heteroatoms. The number of ether oxygens (including phenoxy) is 1. The molecule has 0 spiro atoms. The number of nitrogens with two attached hydrogens (primary N) is 1. The molecule has 0 atom stereocenters. The molecule has 0 aliphatic heterocycles. The quantitative estimate of drug-likeness (QED) is 0.521. The van der Waals surface area contributed by atoms with Gasteiger partial charge in [-0.25, -0.2) is 13.6 Å². The molecule has 3 aromatic rings. The highest BCUT2D eigenvalue weighted by Crippen LogP contribution is 2.22. The second-order valence-corrected chi connectivity index (χ2v) is 9.69. The minimum atomic E-state index is -3.89. The van der Waals surface area contributed by atoms with Crippen molar-refractivity contribution in [2.24, 2.45) is 10.1 Å². The molecule has 0 saturated heterocycles. The second kappa shape index (κ2) is 9.63. The smallest absolute Gasteiger partial charge is 0.307 e. The zero-order valence-electron chi connectivity index (χ0n) is 17.9. The van der Waals surface area contributed by atoms with Gasteiger partial charge in [0.05, 0.1) is 28.1 Å². The van der Waals surface area contributed by atoms with Crippen LogP contribution < -0.4 is 14.8 Å². The summed E-state index contributed by atoms with van der Waals surface area (Å²) in [6.07, 6.45) is 0.0789. The molecule has 0 fully saturated rings. The van der Waals surface area contributed by atoms with Crippen LogP contribution in [0.3, 0.4) is 0 Å². The van der Waals surface area contributed by atoms with Gasteiger partial charge in [0, 0.05) is 31.9 Å². The summed E-state index contributed by atoms with van der Waals surface area (Å²) in [7, 11) is -0.0795. The summed E-state index contributed by atoms with van der Waals surface area (Å²) in [5.41, 5.74) is 2.00. The fourth-order valence-electron chi connectivity index (χ4n) is 3.02. The first-order valence-electron chi connectivity index (χ1n) is 9.78. The van der Waals surface area contributed by atoms with E-state index in [-0.39, 0.29) is 30.4 Å². The van der Waals surface area contributed by atoms with E-state index >= 15 is 0 Å². The second-order valence-electron chi connectivity index (χ2n) is 7.12. The molecular formula is C21H24N4O5S2. The Bertz CT molecular complexity index is 1320. The van der Waals surface area contributed by atoms with Gasteiger partial charge in [0.2, 0.25) is 10.0 Å². The third-order valence-electron chi connectivity index (χ3n) is 4.66. The van der Waals surface area contributed by atoms with Crippen LogP contribution in [0.25, 0.3) is 10.2 Å². The van der Waals surface area contributed by atoms with Crippen LogP contribution in [0.2, 0.25) is 0 Å². The van der Waals surface area contributed by atoms with E-state index in [1.165, 1.54) is 12.1 Å². The molecule has 9 nitrogen and oxygen atoms in total. The van der Waals surface area contributed by atoms with Crippen LogP contribution in [-0.4, -0.2) is 45.6 Å². The predicted octanol–water partition coefficient (Wildman–Crippen LogP) is 2.11. The number of primary sulfonamides is 1. The first kappa shape index (κ1) is 23.6. The highest BCUT2D eigenvalue weighted by molar-refractivity contribution is 7.89. The zero-order valence-corrected chi connectivity index (χ0v) is 19.6. The fraction of sp³-hybridized carbons (Fsp3) is 0.286. The number of thiazole rings is 1. The maximum atomic E-state index is 12.8. The number of hydrogen-bond acceptors (Lipinski definition) is 7. The number of aromatic nitrogens is 1. The Morgan fingerprint density at radius 2 is 1.84 bits per heavy atom. The summed E-state index contributed by atoms with van der Waals surface area (Å²) in [6.45, 7) is 2.21. The van der Waals surface area contributed by atoms with Gasteiger partial charge >= 0.3 is 5.97 Å². The zero-order chi connectivity index (χ0) is 23.5. The van der Waals surface area contributed by atoms with E-state index in [0.29, 0.717) is 20.6 Å². The SMILES string of the molecule is CCOC(=O)CCn1c(=NC(=O)c2ccc(N(C)C)cc2)sc2cc(S(N)(=O)=O)ccc21. The molecule has 170 valence electrons. The lowest BCUT2D eigenvalue weighted by molar-refractivity contribution is -0.143. The standard InChI is InChI=1S/C21H24N4O5S2/c1-4-30-19(26)11-12-25-17-10-9-16(32(22,28)29)13-18(17)31-21(25)23-20(27)14-5-7-15(8-6-14)24(2)3/h5-10,13H,4,11-12H2,1-3H3,(H2,22,28,29). The number of anilines is 1. The van der Waals surface area contributed by atoms with Crippen molar-refractivity contribution < 1.29 is 22.7 Å². The first-order valence-corrected chi connectivity index (χ1v) is 12.1. The minimum Gasteiger partial charge on any atom is -0.466 e. The van der Waals surface area contributed by atoms with Crippen molar-refractivity contribution in [1.29, 1.82) is 0 Å². The predicted molar refractivity (Wildman–Crippen MR) is 123 cm³/mol. The monoisotopic (exact) mass is 476 g/mol. The van der Waals surface area contributed by atoms with Crippen LogP contribution in [0, 0.1) is 0 Å². The summed E-state index contributed by atoms with van der Waals surface area (Å²) in [5, 5.41) is 5.24. The van der Waals surface area contributed by atoms with Crippen molar-refractivity contribution in [3.63, 3.8) is 0 Å². The highest BCUT2D eigenvalue weighted by Gasteiger charge is 2.15. The summed E-state index contributed by atoms with van der Waals surface area (Å²) in [4.78, 5) is 31.1. The third-order valence-corrected chi connectivity index (χ3v) is 6.61. The molecule has 0 aliphatic rings. The van der Waals surface area contributed by atoms with Crippen molar-refractivity contribution in [1.82, 2.24) is 4.57 Å². The molecule has 3 rings (SSSR count). The van der Waals surface area contributed by atoms with Gasteiger partial charge in [-0.3, -0.25) is 9.59 Å². The molecule has 2 N–H and O–H groups in total. The molecule has 0 aliphatic carbocycles. The van der Waals surface area contributed by atoms with Gasteiger partial charge in [0.25, 0.3) is 5.91 Å². The first-order chi connectivity index (χ1) is 15.1. The van der Waals surface area contributed by atoms with Crippen LogP contribution in [0.15, 0.2) is 52.4 Å². The van der Waals surface area contributed by atoms with E-state index in [1.807, 2.05) is 31.1 Å². The Morgan fingerprint density at radius 1 is 1.16 bits per heavy atom. The number of sulfonamides is 1. The molecule has 0 bridgehead atoms. The van der Waals surface area contributed by atoms with E-state index in [1.54, 1.807) is 29.7 Å². The Balaban J connectivity index is 2.06. The summed E-state index contributed by atoms with van der Waals surface area (Å²) >= 11 is 1.15. The number of rotatable bonds is 7. The maximum absolute atomic E-state index is 12.8. The molecule has 2 aromatic carbocycles. The maximum Gasteiger partial charge on any atom is 0.307 e. The van der Waals surface area contributed by atoms with Gasteiger partial charge in [-0.2, -0.15) is 4.99 Å². The molecule has 1 amide bonds. The van der Waals surface area contributed by atoms with E-state index < -0.39 is 15.9 Å². The van der Waals surface area contributed by atoms with Crippen molar-refractivity contribution >= 4 is 49.1 Å². The highest BCUT2D eigenvalue weighted by atomic mass is 32.2. The number of carbonyl (C=O) groups is 2. The topological polar surface area (TPSA) is 124 Å². The average molecular weight is 477 g/mol. The molecule has 0 radical (unpaired) electrons. The number of amides is 1. The van der Waals surface area contributed by atoms with Crippen molar-refractivity contribution in [2.45, 2.75) is 24.8 Å². The van der Waals surface area contributed by atoms with Gasteiger partial charge in [-0.1, -0.05) is 11.3 Å². The molecule has 1 heterocycles. The molecule has 1 aromatic heterocycles. The third kappa shape index (κ3) is 5.42. The number of carbonyl (C=O) groups excluding carboxylic acids is 2. The van der Waals surface area contributed by atoms with Crippen LogP contribution in [0.1, 0.15) is 23.7 Å². The Kier molecular flexibility index (Phi) is 7.12. The van der Waals surface area contributed by atoms with Crippen molar-refractivity contribution in [2.75, 3.05) is 25.6 Å². The lowest BCUT2D eigenvalue weighted by Gasteiger charge is -2.11. The van der Waals surface area contributed by atoms with E-state index in [2.05, 4.69) is 4.99 Å². The van der Waals surface area contributed by atoms with Crippen LogP contribution in [-0.2, 0) is 26.1 Å². The number of benzene rings is 2. The average Bonchev–Trinajstić information content (AvgIpc) is 3.08. The lowest BCUT2D eigenvalue weighted by Crippen LogP contribution is -2.19. The Hall–Kier alpha value is -3.02. The van der Waals surface area contributed by atoms with E-state index in [9.17, 15) is 18.0 Å². The number of hydrogen-bond donors (Lipinski definition) is 1. The lowest BCUT2D eigenvalue weighted by atomic mass is 10.2. The van der Waals surface area contributed by atoms with Crippen molar-refractivity contribution in [3.05, 3.63) is 52.8 Å². The molecule has 0 unspecified atom stereocenters. The van der Waals surface area contributed by atoms with Crippen LogP contribution in [0.4, 0.5) is 5.69 Å².